The number of fused-ring (bicyclic) bond motifs is 1. The van der Waals surface area contributed by atoms with E-state index in [1.54, 1.807) is 12.1 Å². The molecular weight excluding hydrogens is 406 g/mol. The first-order valence-corrected chi connectivity index (χ1v) is 13.9. The Morgan fingerprint density at radius 1 is 1.09 bits per heavy atom. The predicted molar refractivity (Wildman–Crippen MR) is 85.1 cm³/mol. The molecule has 0 aromatic heterocycles. The summed E-state index contributed by atoms with van der Waals surface area (Å²) in [5.74, 6) is 1.83. The van der Waals surface area contributed by atoms with Gasteiger partial charge in [0.1, 0.15) is 0 Å². The Bertz CT molecular complexity index is 519. The van der Waals surface area contributed by atoms with Gasteiger partial charge in [-0.2, -0.15) is 0 Å². The monoisotopic (exact) mass is 428 g/mol. The molecule has 3 aliphatic carbocycles. The SMILES string of the molecule is C[Si]1(C2[CH]([Zr+2][C]3=CC=CC3)CC3C=CC=CC32)CCC1.[Cl-].[Cl-]. The van der Waals surface area contributed by atoms with Gasteiger partial charge in [0.05, 0.1) is 0 Å². The Morgan fingerprint density at radius 2 is 1.86 bits per heavy atom. The normalized spacial score (nSPS) is 36.5. The largest absolute Gasteiger partial charge is 1.00 e. The van der Waals surface area contributed by atoms with Gasteiger partial charge in [0, 0.05) is 0 Å². The number of hydrogen-bond acceptors (Lipinski definition) is 0. The topological polar surface area (TPSA) is 0 Å². The van der Waals surface area contributed by atoms with Crippen molar-refractivity contribution in [2.75, 3.05) is 0 Å². The van der Waals surface area contributed by atoms with E-state index in [1.165, 1.54) is 19.3 Å². The first-order valence-electron chi connectivity index (χ1n) is 8.23. The Labute approximate surface area is 160 Å². The van der Waals surface area contributed by atoms with E-state index < -0.39 is 8.07 Å². The smallest absolute Gasteiger partial charge is 1.00 e. The van der Waals surface area contributed by atoms with Crippen molar-refractivity contribution in [2.45, 2.75) is 47.1 Å². The van der Waals surface area contributed by atoms with Crippen LogP contribution in [-0.4, -0.2) is 8.07 Å². The molecule has 0 spiro atoms. The van der Waals surface area contributed by atoms with Crippen molar-refractivity contribution in [1.29, 1.82) is 0 Å². The van der Waals surface area contributed by atoms with Crippen LogP contribution in [0.2, 0.25) is 27.8 Å². The van der Waals surface area contributed by atoms with Crippen LogP contribution < -0.4 is 24.8 Å². The summed E-state index contributed by atoms with van der Waals surface area (Å²) in [5, 5.41) is 0. The molecule has 0 aromatic carbocycles. The molecule has 0 nitrogen and oxygen atoms in total. The maximum absolute atomic E-state index is 2.74. The summed E-state index contributed by atoms with van der Waals surface area (Å²) in [5.41, 5.74) is 1.13. The molecule has 1 saturated carbocycles. The average molecular weight is 431 g/mol. The van der Waals surface area contributed by atoms with Gasteiger partial charge in [-0.1, -0.05) is 0 Å². The summed E-state index contributed by atoms with van der Waals surface area (Å²) in [4.78, 5) is 0. The van der Waals surface area contributed by atoms with E-state index in [0.29, 0.717) is 0 Å². The van der Waals surface area contributed by atoms with Gasteiger partial charge >= 0.3 is 136 Å². The summed E-state index contributed by atoms with van der Waals surface area (Å²) in [7, 11) is -0.897. The van der Waals surface area contributed by atoms with Crippen LogP contribution in [0.15, 0.2) is 45.8 Å². The second kappa shape index (κ2) is 7.68. The van der Waals surface area contributed by atoms with E-state index in [9.17, 15) is 0 Å². The van der Waals surface area contributed by atoms with E-state index in [0.717, 1.165) is 21.0 Å². The molecule has 0 aromatic rings. The zero-order valence-corrected chi connectivity index (χ0v) is 18.1. The van der Waals surface area contributed by atoms with Gasteiger partial charge in [-0.3, -0.25) is 0 Å². The van der Waals surface area contributed by atoms with Crippen molar-refractivity contribution >= 4 is 8.07 Å². The number of halogens is 2. The molecule has 0 bridgehead atoms. The van der Waals surface area contributed by atoms with Crippen LogP contribution in [0.1, 0.15) is 19.3 Å². The Hall–Kier alpha value is 0.640. The summed E-state index contributed by atoms with van der Waals surface area (Å²) >= 11 is -0.344. The van der Waals surface area contributed by atoms with Gasteiger partial charge in [-0.15, -0.1) is 0 Å². The minimum atomic E-state index is -0.897. The molecule has 4 atom stereocenters. The van der Waals surface area contributed by atoms with Gasteiger partial charge in [-0.25, -0.2) is 0 Å². The third-order valence-electron chi connectivity index (χ3n) is 6.11. The fourth-order valence-electron chi connectivity index (χ4n) is 4.96. The van der Waals surface area contributed by atoms with Crippen LogP contribution in [-0.2, 0) is 23.2 Å². The summed E-state index contributed by atoms with van der Waals surface area (Å²) in [6, 6.07) is 3.26. The van der Waals surface area contributed by atoms with Crippen molar-refractivity contribution in [3.8, 4) is 0 Å². The van der Waals surface area contributed by atoms with E-state index >= 15 is 0 Å². The van der Waals surface area contributed by atoms with E-state index in [2.05, 4.69) is 49.1 Å². The van der Waals surface area contributed by atoms with Crippen LogP contribution in [0.3, 0.4) is 0 Å². The molecule has 1 saturated heterocycles. The van der Waals surface area contributed by atoms with Gasteiger partial charge in [0.15, 0.2) is 0 Å². The van der Waals surface area contributed by atoms with Gasteiger partial charge in [-0.05, 0) is 0 Å². The number of hydrogen-bond donors (Lipinski definition) is 0. The zero-order chi connectivity index (χ0) is 13.6. The fourth-order valence-corrected chi connectivity index (χ4v) is 17.1. The maximum atomic E-state index is 2.74. The van der Waals surface area contributed by atoms with E-state index in [4.69, 9.17) is 0 Å². The minimum Gasteiger partial charge on any atom is -1.00 e. The second-order valence-electron chi connectivity index (χ2n) is 7.36. The molecule has 2 fully saturated rings. The second-order valence-corrected chi connectivity index (χ2v) is 16.4. The molecule has 1 aliphatic heterocycles. The van der Waals surface area contributed by atoms with Crippen LogP contribution in [0.5, 0.6) is 0 Å². The molecule has 0 N–H and O–H groups in total. The fraction of sp³-hybridized carbons (Fsp3) is 0.556. The molecule has 4 heteroatoms. The van der Waals surface area contributed by atoms with Crippen LogP contribution in [0, 0.1) is 11.8 Å². The van der Waals surface area contributed by atoms with Crippen LogP contribution in [0.25, 0.3) is 0 Å². The average Bonchev–Trinajstić information content (AvgIpc) is 3.03. The van der Waals surface area contributed by atoms with Crippen molar-refractivity contribution in [1.82, 2.24) is 0 Å². The van der Waals surface area contributed by atoms with Gasteiger partial charge < -0.3 is 24.8 Å². The molecule has 4 aliphatic rings. The first-order chi connectivity index (χ1) is 9.76. The first kappa shape index (κ1) is 19.0. The molecule has 4 unspecified atom stereocenters. The third-order valence-corrected chi connectivity index (χ3v) is 16.5. The van der Waals surface area contributed by atoms with E-state index in [1.807, 2.05) is 3.28 Å². The summed E-state index contributed by atoms with van der Waals surface area (Å²) in [6.45, 7) is 2.74. The number of rotatable bonds is 3. The van der Waals surface area contributed by atoms with Crippen LogP contribution >= 0.6 is 0 Å². The summed E-state index contributed by atoms with van der Waals surface area (Å²) in [6.07, 6.45) is 21.3. The standard InChI is InChI=1S/C13H19Si.C5H5.2ClH.Zr/c1-14(9-4-10-14)13-8-7-11-5-2-3-6-12(11)13;1-2-4-5-3-1;;;/h2-3,5-6,8,11-13H,4,7,9-10H2,1H3;1-3H,4H2;2*1H;/q;;;;+2/p-2. The maximum Gasteiger partial charge on any atom is -1.00 e. The third kappa shape index (κ3) is 3.37. The zero-order valence-electron chi connectivity index (χ0n) is 13.1. The quantitative estimate of drug-likeness (QED) is 0.521. The number of allylic oxidation sites excluding steroid dienone is 8. The minimum absolute atomic E-state index is 0. The van der Waals surface area contributed by atoms with Crippen molar-refractivity contribution < 1.29 is 48.0 Å². The molecule has 4 rings (SSSR count). The van der Waals surface area contributed by atoms with Gasteiger partial charge in [0.2, 0.25) is 0 Å². The Kier molecular flexibility index (Phi) is 6.63. The van der Waals surface area contributed by atoms with E-state index in [-0.39, 0.29) is 48.0 Å². The van der Waals surface area contributed by atoms with Crippen molar-refractivity contribution in [3.05, 3.63) is 45.8 Å². The molecule has 0 radical (unpaired) electrons. The summed E-state index contributed by atoms with van der Waals surface area (Å²) < 4.78 is 3.01. The van der Waals surface area contributed by atoms with Crippen molar-refractivity contribution in [2.24, 2.45) is 11.8 Å². The molecule has 22 heavy (non-hydrogen) atoms. The Morgan fingerprint density at radius 3 is 2.50 bits per heavy atom. The molecule has 0 amide bonds. The Balaban J connectivity index is 0.000000882. The van der Waals surface area contributed by atoms with Gasteiger partial charge in [0.25, 0.3) is 0 Å². The molecule has 1 heterocycles. The molecule has 118 valence electrons. The van der Waals surface area contributed by atoms with Crippen LogP contribution in [0.4, 0.5) is 0 Å². The van der Waals surface area contributed by atoms with Crippen molar-refractivity contribution in [3.63, 3.8) is 0 Å². The predicted octanol–water partition coefficient (Wildman–Crippen LogP) is -0.676. The molecular formula is C18H24Cl2SiZr.